The van der Waals surface area contributed by atoms with Crippen LogP contribution in [0.25, 0.3) is 0 Å². The number of hydrogen-bond acceptors (Lipinski definition) is 5. The van der Waals surface area contributed by atoms with Gasteiger partial charge in [-0.25, -0.2) is 14.2 Å². The Morgan fingerprint density at radius 1 is 1.36 bits per heavy atom. The monoisotopic (exact) mass is 352 g/mol. The molecule has 1 atom stereocenters. The number of nitrogens with two attached hydrogens (primary N) is 1. The molecule has 0 unspecified atom stereocenters. The summed E-state index contributed by atoms with van der Waals surface area (Å²) in [4.78, 5) is 39.3. The van der Waals surface area contributed by atoms with E-state index in [0.29, 0.717) is 5.69 Å². The molecule has 9 heteroatoms. The molecule has 1 aromatic rings. The van der Waals surface area contributed by atoms with Gasteiger partial charge in [0.25, 0.3) is 11.8 Å². The molecule has 0 aliphatic heterocycles. The van der Waals surface area contributed by atoms with E-state index in [0.717, 1.165) is 6.07 Å². The van der Waals surface area contributed by atoms with Crippen molar-refractivity contribution in [3.63, 3.8) is 0 Å². The van der Waals surface area contributed by atoms with Gasteiger partial charge in [-0.15, -0.1) is 0 Å². The number of carboxylic acid groups (broad SMARTS) is 1. The highest BCUT2D eigenvalue weighted by atomic mass is 19.1. The number of carbonyl (C=O) groups excluding carboxylic acids is 2. The zero-order valence-corrected chi connectivity index (χ0v) is 14.2. The van der Waals surface area contributed by atoms with E-state index in [4.69, 9.17) is 10.8 Å². The highest BCUT2D eigenvalue weighted by Crippen LogP contribution is 2.08. The van der Waals surface area contributed by atoms with Crippen molar-refractivity contribution in [2.45, 2.75) is 33.4 Å². The normalized spacial score (nSPS) is 12.6. The molecule has 5 N–H and O–H groups in total. The van der Waals surface area contributed by atoms with E-state index in [1.54, 1.807) is 13.8 Å². The number of aromatic nitrogens is 1. The molecule has 0 bridgehead atoms. The first-order chi connectivity index (χ1) is 11.7. The van der Waals surface area contributed by atoms with Crippen LogP contribution in [0.5, 0.6) is 0 Å². The van der Waals surface area contributed by atoms with Crippen molar-refractivity contribution in [2.75, 3.05) is 0 Å². The summed E-state index contributed by atoms with van der Waals surface area (Å²) in [5, 5.41) is 13.6. The van der Waals surface area contributed by atoms with Crippen LogP contribution in [0.3, 0.4) is 0 Å². The van der Waals surface area contributed by atoms with Crippen LogP contribution in [0.4, 0.5) is 4.39 Å². The van der Waals surface area contributed by atoms with Crippen LogP contribution in [0, 0.1) is 11.7 Å². The molecule has 1 rings (SSSR count). The van der Waals surface area contributed by atoms with Crippen molar-refractivity contribution >= 4 is 17.8 Å². The molecular weight excluding hydrogens is 331 g/mol. The SMILES string of the molecule is C/C=C(\NC(=O)c1nc(CN)ccc1F)C(=O)N[C@H](C(=O)O)C(C)C. The summed E-state index contributed by atoms with van der Waals surface area (Å²) < 4.78 is 13.8. The second-order valence-electron chi connectivity index (χ2n) is 5.53. The van der Waals surface area contributed by atoms with E-state index in [1.165, 1.54) is 19.1 Å². The highest BCUT2D eigenvalue weighted by molar-refractivity contribution is 6.03. The van der Waals surface area contributed by atoms with Gasteiger partial charge in [-0.1, -0.05) is 19.9 Å². The number of carbonyl (C=O) groups is 3. The van der Waals surface area contributed by atoms with Crippen LogP contribution in [0.15, 0.2) is 23.9 Å². The Hall–Kier alpha value is -2.81. The van der Waals surface area contributed by atoms with Crippen LogP contribution in [-0.2, 0) is 16.1 Å². The second kappa shape index (κ2) is 8.88. The van der Waals surface area contributed by atoms with Crippen molar-refractivity contribution in [1.29, 1.82) is 0 Å². The average Bonchev–Trinajstić information content (AvgIpc) is 2.56. The molecule has 25 heavy (non-hydrogen) atoms. The molecule has 0 aromatic carbocycles. The quantitative estimate of drug-likeness (QED) is 0.529. The summed E-state index contributed by atoms with van der Waals surface area (Å²) in [5.74, 6) is -4.17. The Bertz CT molecular complexity index is 703. The van der Waals surface area contributed by atoms with Gasteiger partial charge in [0.2, 0.25) is 0 Å². The van der Waals surface area contributed by atoms with E-state index in [1.807, 2.05) is 0 Å². The zero-order chi connectivity index (χ0) is 19.1. The fraction of sp³-hybridized carbons (Fsp3) is 0.375. The van der Waals surface area contributed by atoms with Gasteiger partial charge in [0.1, 0.15) is 11.7 Å². The zero-order valence-electron chi connectivity index (χ0n) is 14.2. The molecule has 1 aromatic heterocycles. The summed E-state index contributed by atoms with van der Waals surface area (Å²) in [6.45, 7) is 4.75. The number of halogens is 1. The first-order valence-corrected chi connectivity index (χ1v) is 7.58. The van der Waals surface area contributed by atoms with E-state index in [-0.39, 0.29) is 18.2 Å². The third-order valence-electron chi connectivity index (χ3n) is 3.33. The summed E-state index contributed by atoms with van der Waals surface area (Å²) >= 11 is 0. The van der Waals surface area contributed by atoms with Gasteiger partial charge in [0.15, 0.2) is 11.5 Å². The molecule has 2 amide bonds. The number of pyridine rings is 1. The molecule has 136 valence electrons. The number of aliphatic carboxylic acids is 1. The van der Waals surface area contributed by atoms with Crippen molar-refractivity contribution in [1.82, 2.24) is 15.6 Å². The van der Waals surface area contributed by atoms with E-state index < -0.39 is 35.3 Å². The van der Waals surface area contributed by atoms with Gasteiger partial charge in [-0.3, -0.25) is 9.59 Å². The van der Waals surface area contributed by atoms with Crippen molar-refractivity contribution in [2.24, 2.45) is 11.7 Å². The van der Waals surface area contributed by atoms with Gasteiger partial charge in [0.05, 0.1) is 5.69 Å². The third-order valence-corrected chi connectivity index (χ3v) is 3.33. The Kier molecular flexibility index (Phi) is 7.19. The number of amides is 2. The van der Waals surface area contributed by atoms with Crippen molar-refractivity contribution < 1.29 is 23.9 Å². The summed E-state index contributed by atoms with van der Waals surface area (Å²) in [7, 11) is 0. The number of hydrogen-bond donors (Lipinski definition) is 4. The number of allylic oxidation sites excluding steroid dienone is 1. The fourth-order valence-corrected chi connectivity index (χ4v) is 1.93. The van der Waals surface area contributed by atoms with Crippen LogP contribution in [0.1, 0.15) is 37.0 Å². The Balaban J connectivity index is 2.93. The van der Waals surface area contributed by atoms with Crippen LogP contribution in [0.2, 0.25) is 0 Å². The highest BCUT2D eigenvalue weighted by Gasteiger charge is 2.26. The summed E-state index contributed by atoms with van der Waals surface area (Å²) in [5.41, 5.74) is 5.00. The molecule has 0 aliphatic carbocycles. The minimum Gasteiger partial charge on any atom is -0.480 e. The first-order valence-electron chi connectivity index (χ1n) is 7.58. The lowest BCUT2D eigenvalue weighted by Gasteiger charge is -2.19. The molecule has 0 fully saturated rings. The Morgan fingerprint density at radius 2 is 2.00 bits per heavy atom. The van der Waals surface area contributed by atoms with Crippen LogP contribution < -0.4 is 16.4 Å². The first kappa shape index (κ1) is 20.2. The number of nitrogens with zero attached hydrogens (tertiary/aromatic N) is 1. The molecule has 1 heterocycles. The van der Waals surface area contributed by atoms with Gasteiger partial charge >= 0.3 is 5.97 Å². The number of rotatable bonds is 7. The average molecular weight is 352 g/mol. The van der Waals surface area contributed by atoms with Gasteiger partial charge in [0, 0.05) is 6.54 Å². The topological polar surface area (TPSA) is 134 Å². The van der Waals surface area contributed by atoms with Crippen molar-refractivity contribution in [3.8, 4) is 0 Å². The predicted octanol–water partition coefficient (Wildman–Crippen LogP) is 0.538. The lowest BCUT2D eigenvalue weighted by Crippen LogP contribution is -2.47. The molecule has 0 radical (unpaired) electrons. The number of nitrogens with one attached hydrogen (secondary N) is 2. The van der Waals surface area contributed by atoms with Gasteiger partial charge in [-0.2, -0.15) is 0 Å². The van der Waals surface area contributed by atoms with Crippen LogP contribution >= 0.6 is 0 Å². The molecule has 8 nitrogen and oxygen atoms in total. The second-order valence-corrected chi connectivity index (χ2v) is 5.53. The maximum absolute atomic E-state index is 13.8. The molecule has 0 saturated heterocycles. The summed E-state index contributed by atoms with van der Waals surface area (Å²) in [6, 6.07) is 1.27. The Morgan fingerprint density at radius 3 is 2.48 bits per heavy atom. The maximum atomic E-state index is 13.8. The van der Waals surface area contributed by atoms with E-state index >= 15 is 0 Å². The largest absolute Gasteiger partial charge is 0.480 e. The minimum absolute atomic E-state index is 0.0200. The van der Waals surface area contributed by atoms with Crippen molar-refractivity contribution in [3.05, 3.63) is 41.1 Å². The fourth-order valence-electron chi connectivity index (χ4n) is 1.93. The minimum atomic E-state index is -1.20. The molecule has 0 spiro atoms. The van der Waals surface area contributed by atoms with E-state index in [2.05, 4.69) is 15.6 Å². The predicted molar refractivity (Wildman–Crippen MR) is 87.7 cm³/mol. The molecule has 0 aliphatic rings. The van der Waals surface area contributed by atoms with Gasteiger partial charge in [-0.05, 0) is 25.0 Å². The smallest absolute Gasteiger partial charge is 0.326 e. The summed E-state index contributed by atoms with van der Waals surface area (Å²) in [6.07, 6.45) is 1.27. The lowest BCUT2D eigenvalue weighted by molar-refractivity contribution is -0.142. The van der Waals surface area contributed by atoms with Crippen LogP contribution in [-0.4, -0.2) is 33.9 Å². The lowest BCUT2D eigenvalue weighted by atomic mass is 10.0. The standard InChI is InChI=1S/C16H21FN4O4/c1-4-11(14(22)21-12(8(2)3)16(24)25)20-15(23)13-10(17)6-5-9(7-18)19-13/h4-6,8,12H,7,18H2,1-3H3,(H,20,23)(H,21,22)(H,24,25)/b11-4-/t12-/m0/s1. The third kappa shape index (κ3) is 5.35. The van der Waals surface area contributed by atoms with E-state index in [9.17, 15) is 18.8 Å². The molecular formula is C16H21FN4O4. The maximum Gasteiger partial charge on any atom is 0.326 e. The number of carboxylic acids is 1. The molecule has 0 saturated carbocycles. The van der Waals surface area contributed by atoms with Gasteiger partial charge < -0.3 is 21.5 Å². The Labute approximate surface area is 144 Å².